The van der Waals surface area contributed by atoms with E-state index in [2.05, 4.69) is 10.3 Å². The van der Waals surface area contributed by atoms with E-state index in [0.717, 1.165) is 40.0 Å². The number of halogens is 3. The molecule has 0 bridgehead atoms. The Balaban J connectivity index is 1.59. The van der Waals surface area contributed by atoms with E-state index >= 15 is 0 Å². The van der Waals surface area contributed by atoms with Gasteiger partial charge in [-0.25, -0.2) is 4.98 Å². The van der Waals surface area contributed by atoms with Gasteiger partial charge in [-0.05, 0) is 42.0 Å². The van der Waals surface area contributed by atoms with Crippen molar-refractivity contribution in [1.82, 2.24) is 14.1 Å². The lowest BCUT2D eigenvalue weighted by atomic mass is 10.1. The molecule has 2 heterocycles. The molecule has 7 nitrogen and oxygen atoms in total. The van der Waals surface area contributed by atoms with Crippen LogP contribution in [0, 0.1) is 0 Å². The Morgan fingerprint density at radius 1 is 1.15 bits per heavy atom. The second-order valence-corrected chi connectivity index (χ2v) is 7.38. The number of methoxy groups -OCH3 is 1. The van der Waals surface area contributed by atoms with Gasteiger partial charge in [0.2, 0.25) is 5.91 Å². The number of ether oxygens (including phenoxy) is 1. The molecule has 0 aliphatic carbocycles. The number of hydrogen-bond donors (Lipinski definition) is 1. The molecule has 4 aromatic rings. The third kappa shape index (κ3) is 4.45. The summed E-state index contributed by atoms with van der Waals surface area (Å²) >= 11 is 0. The van der Waals surface area contributed by atoms with E-state index in [0.29, 0.717) is 16.8 Å². The third-order valence-corrected chi connectivity index (χ3v) is 5.14. The van der Waals surface area contributed by atoms with Crippen molar-refractivity contribution in [3.05, 3.63) is 77.0 Å². The van der Waals surface area contributed by atoms with Crippen LogP contribution >= 0.6 is 0 Å². The van der Waals surface area contributed by atoms with Gasteiger partial charge < -0.3 is 14.6 Å². The highest BCUT2D eigenvalue weighted by molar-refractivity contribution is 5.93. The molecule has 1 N–H and O–H groups in total. The molecule has 0 saturated carbocycles. The van der Waals surface area contributed by atoms with Crippen molar-refractivity contribution in [3.63, 3.8) is 0 Å². The molecule has 0 aliphatic heterocycles. The van der Waals surface area contributed by atoms with Crippen LogP contribution in [-0.2, 0) is 24.6 Å². The van der Waals surface area contributed by atoms with Crippen LogP contribution in [0.5, 0.6) is 5.75 Å². The van der Waals surface area contributed by atoms with Crippen LogP contribution < -0.4 is 15.6 Å². The summed E-state index contributed by atoms with van der Waals surface area (Å²) in [4.78, 5) is 29.8. The first-order valence-electron chi connectivity index (χ1n) is 9.83. The van der Waals surface area contributed by atoms with Gasteiger partial charge in [-0.3, -0.25) is 14.2 Å². The Bertz CT molecular complexity index is 1390. The van der Waals surface area contributed by atoms with Gasteiger partial charge in [0, 0.05) is 24.5 Å². The fourth-order valence-electron chi connectivity index (χ4n) is 3.52. The maximum absolute atomic E-state index is 13.0. The van der Waals surface area contributed by atoms with Crippen LogP contribution in [0.4, 0.5) is 18.9 Å². The number of carbonyl (C=O) groups is 1. The van der Waals surface area contributed by atoms with E-state index in [1.54, 1.807) is 24.9 Å². The van der Waals surface area contributed by atoms with Gasteiger partial charge in [0.25, 0.3) is 5.56 Å². The number of carbonyl (C=O) groups excluding carboxylic acids is 1. The summed E-state index contributed by atoms with van der Waals surface area (Å²) in [5.74, 6) is 0.0954. The molecular formula is C23H19F3N4O3. The van der Waals surface area contributed by atoms with Gasteiger partial charge in [-0.2, -0.15) is 13.2 Å². The molecule has 33 heavy (non-hydrogen) atoms. The predicted molar refractivity (Wildman–Crippen MR) is 117 cm³/mol. The fourth-order valence-corrected chi connectivity index (χ4v) is 3.52. The van der Waals surface area contributed by atoms with E-state index in [9.17, 15) is 22.8 Å². The minimum Gasteiger partial charge on any atom is -0.497 e. The number of aryl methyl sites for hydroxylation is 1. The van der Waals surface area contributed by atoms with Crippen LogP contribution in [0.25, 0.3) is 22.2 Å². The lowest BCUT2D eigenvalue weighted by molar-refractivity contribution is -0.137. The van der Waals surface area contributed by atoms with Crippen molar-refractivity contribution in [1.29, 1.82) is 0 Å². The Morgan fingerprint density at radius 2 is 1.88 bits per heavy atom. The van der Waals surface area contributed by atoms with Crippen molar-refractivity contribution in [3.8, 4) is 16.9 Å². The zero-order valence-corrected chi connectivity index (χ0v) is 17.7. The Morgan fingerprint density at radius 3 is 2.55 bits per heavy atom. The SMILES string of the molecule is COc1cccc(-c2cn(C)c3c(=O)n(CC(=O)Nc4ccc(C(F)(F)F)cc4)cnc23)c1. The number of amides is 1. The molecule has 0 aliphatic rings. The monoisotopic (exact) mass is 456 g/mol. The van der Waals surface area contributed by atoms with Crippen LogP contribution in [-0.4, -0.2) is 27.1 Å². The summed E-state index contributed by atoms with van der Waals surface area (Å²) in [7, 11) is 3.27. The standard InChI is InChI=1S/C23H19F3N4O3/c1-29-11-18(14-4-3-5-17(10-14)33-2)20-21(29)22(32)30(13-27-20)12-19(31)28-16-8-6-15(7-9-16)23(24,25)26/h3-11,13H,12H2,1-2H3,(H,28,31). The minimum atomic E-state index is -4.46. The zero-order valence-electron chi connectivity index (χ0n) is 17.7. The molecule has 0 unspecified atom stereocenters. The highest BCUT2D eigenvalue weighted by Crippen LogP contribution is 2.30. The largest absolute Gasteiger partial charge is 0.497 e. The number of nitrogens with one attached hydrogen (secondary N) is 1. The highest BCUT2D eigenvalue weighted by atomic mass is 19.4. The quantitative estimate of drug-likeness (QED) is 0.491. The van der Waals surface area contributed by atoms with E-state index in [4.69, 9.17) is 4.74 Å². The maximum atomic E-state index is 13.0. The molecule has 1 amide bonds. The lowest BCUT2D eigenvalue weighted by Gasteiger charge is -2.10. The Kier molecular flexibility index (Phi) is 5.67. The normalized spacial score (nSPS) is 11.5. The first kappa shape index (κ1) is 22.1. The predicted octanol–water partition coefficient (Wildman–Crippen LogP) is 4.07. The van der Waals surface area contributed by atoms with E-state index < -0.39 is 23.2 Å². The van der Waals surface area contributed by atoms with E-state index in [-0.39, 0.29) is 12.2 Å². The number of aromatic nitrogens is 3. The van der Waals surface area contributed by atoms with Crippen molar-refractivity contribution in [2.75, 3.05) is 12.4 Å². The maximum Gasteiger partial charge on any atom is 0.416 e. The summed E-state index contributed by atoms with van der Waals surface area (Å²) in [6.07, 6.45) is -1.41. The number of fused-ring (bicyclic) bond motifs is 1. The van der Waals surface area contributed by atoms with Gasteiger partial charge in [-0.15, -0.1) is 0 Å². The Hall–Kier alpha value is -4.08. The molecule has 4 rings (SSSR count). The van der Waals surface area contributed by atoms with Crippen molar-refractivity contribution in [2.24, 2.45) is 7.05 Å². The van der Waals surface area contributed by atoms with Crippen LogP contribution in [0.3, 0.4) is 0 Å². The second-order valence-electron chi connectivity index (χ2n) is 7.38. The smallest absolute Gasteiger partial charge is 0.416 e. The fraction of sp³-hybridized carbons (Fsp3) is 0.174. The highest BCUT2D eigenvalue weighted by Gasteiger charge is 2.30. The molecular weight excluding hydrogens is 437 g/mol. The van der Waals surface area contributed by atoms with Crippen molar-refractivity contribution >= 4 is 22.6 Å². The summed E-state index contributed by atoms with van der Waals surface area (Å²) in [5, 5.41) is 2.49. The number of anilines is 1. The number of alkyl halides is 3. The second kappa shape index (κ2) is 8.45. The Labute approximate surface area is 186 Å². The van der Waals surface area contributed by atoms with Crippen LogP contribution in [0.2, 0.25) is 0 Å². The molecule has 0 spiro atoms. The molecule has 10 heteroatoms. The molecule has 0 atom stereocenters. The first-order valence-corrected chi connectivity index (χ1v) is 9.83. The van der Waals surface area contributed by atoms with E-state index in [1.165, 1.54) is 6.33 Å². The molecule has 2 aromatic carbocycles. The van der Waals surface area contributed by atoms with Gasteiger partial charge >= 0.3 is 6.18 Å². The summed E-state index contributed by atoms with van der Waals surface area (Å²) in [6, 6.07) is 11.4. The van der Waals surface area contributed by atoms with Crippen molar-refractivity contribution in [2.45, 2.75) is 12.7 Å². The number of benzene rings is 2. The number of rotatable bonds is 5. The first-order chi connectivity index (χ1) is 15.7. The number of nitrogens with zero attached hydrogens (tertiary/aromatic N) is 3. The van der Waals surface area contributed by atoms with Crippen molar-refractivity contribution < 1.29 is 22.7 Å². The number of hydrogen-bond acceptors (Lipinski definition) is 4. The average Bonchev–Trinajstić information content (AvgIpc) is 3.12. The van der Waals surface area contributed by atoms with Crippen LogP contribution in [0.15, 0.2) is 65.8 Å². The molecule has 0 radical (unpaired) electrons. The molecule has 0 saturated heterocycles. The third-order valence-electron chi connectivity index (χ3n) is 5.14. The summed E-state index contributed by atoms with van der Waals surface area (Å²) in [5.41, 5.74) is 1.32. The molecule has 0 fully saturated rings. The van der Waals surface area contributed by atoms with Gasteiger partial charge in [-0.1, -0.05) is 12.1 Å². The minimum absolute atomic E-state index is 0.189. The summed E-state index contributed by atoms with van der Waals surface area (Å²) < 4.78 is 46.1. The zero-order chi connectivity index (χ0) is 23.8. The van der Waals surface area contributed by atoms with Gasteiger partial charge in [0.15, 0.2) is 0 Å². The van der Waals surface area contributed by atoms with Gasteiger partial charge in [0.05, 0.1) is 19.0 Å². The van der Waals surface area contributed by atoms with Crippen LogP contribution in [0.1, 0.15) is 5.56 Å². The van der Waals surface area contributed by atoms with E-state index in [1.807, 2.05) is 24.3 Å². The molecule has 170 valence electrons. The average molecular weight is 456 g/mol. The molecule has 2 aromatic heterocycles. The lowest BCUT2D eigenvalue weighted by Crippen LogP contribution is -2.28. The van der Waals surface area contributed by atoms with Gasteiger partial charge in [0.1, 0.15) is 23.3 Å². The summed E-state index contributed by atoms with van der Waals surface area (Å²) in [6.45, 7) is -0.345. The topological polar surface area (TPSA) is 78.1 Å².